The number of nitrogens with zero attached hydrogens (tertiary/aromatic N) is 3. The molecule has 0 amide bonds. The van der Waals surface area contributed by atoms with Crippen LogP contribution in [0.15, 0.2) is 23.1 Å². The highest BCUT2D eigenvalue weighted by Crippen LogP contribution is 2.22. The second kappa shape index (κ2) is 7.92. The third kappa shape index (κ3) is 4.63. The van der Waals surface area contributed by atoms with E-state index in [2.05, 4.69) is 19.6 Å². The van der Waals surface area contributed by atoms with Crippen LogP contribution in [0, 0.1) is 27.7 Å². The molecule has 146 valence electrons. The first-order chi connectivity index (χ1) is 12.8. The SMILES string of the molecule is Cc1cc(C)c(S(=O)(=O)NCc2nc(C)cc(N3CCOCC3)n2)c(C)c1. The molecule has 3 rings (SSSR count). The summed E-state index contributed by atoms with van der Waals surface area (Å²) >= 11 is 0. The van der Waals surface area contributed by atoms with Gasteiger partial charge >= 0.3 is 0 Å². The molecule has 2 heterocycles. The maximum Gasteiger partial charge on any atom is 0.241 e. The molecule has 0 bridgehead atoms. The highest BCUT2D eigenvalue weighted by atomic mass is 32.2. The van der Waals surface area contributed by atoms with E-state index >= 15 is 0 Å². The lowest BCUT2D eigenvalue weighted by molar-refractivity contribution is 0.122. The Kier molecular flexibility index (Phi) is 5.78. The minimum absolute atomic E-state index is 0.0497. The molecular formula is C19H26N4O3S. The summed E-state index contributed by atoms with van der Waals surface area (Å²) in [6, 6.07) is 5.67. The van der Waals surface area contributed by atoms with Crippen LogP contribution in [0.25, 0.3) is 0 Å². The molecule has 2 aromatic rings. The first-order valence-corrected chi connectivity index (χ1v) is 10.5. The summed E-state index contributed by atoms with van der Waals surface area (Å²) in [5.41, 5.74) is 3.32. The van der Waals surface area contributed by atoms with E-state index in [0.717, 1.165) is 41.3 Å². The molecule has 1 saturated heterocycles. The molecule has 8 heteroatoms. The zero-order chi connectivity index (χ0) is 19.6. The number of benzene rings is 1. The second-order valence-electron chi connectivity index (χ2n) is 6.94. The van der Waals surface area contributed by atoms with E-state index in [9.17, 15) is 8.42 Å². The normalized spacial score (nSPS) is 15.2. The Labute approximate surface area is 160 Å². The van der Waals surface area contributed by atoms with Gasteiger partial charge in [-0.3, -0.25) is 0 Å². The molecule has 1 aliphatic heterocycles. The van der Waals surface area contributed by atoms with Crippen molar-refractivity contribution in [2.24, 2.45) is 0 Å². The Morgan fingerprint density at radius 2 is 1.67 bits per heavy atom. The molecule has 0 unspecified atom stereocenters. The molecule has 0 spiro atoms. The smallest absolute Gasteiger partial charge is 0.241 e. The summed E-state index contributed by atoms with van der Waals surface area (Å²) in [6.45, 7) is 10.4. The van der Waals surface area contributed by atoms with Gasteiger partial charge in [0.2, 0.25) is 10.0 Å². The van der Waals surface area contributed by atoms with Gasteiger partial charge in [0, 0.05) is 24.8 Å². The van der Waals surface area contributed by atoms with Crippen molar-refractivity contribution in [2.75, 3.05) is 31.2 Å². The van der Waals surface area contributed by atoms with Gasteiger partial charge in [0.25, 0.3) is 0 Å². The van der Waals surface area contributed by atoms with Crippen LogP contribution >= 0.6 is 0 Å². The summed E-state index contributed by atoms with van der Waals surface area (Å²) < 4.78 is 33.7. The molecule has 0 atom stereocenters. The quantitative estimate of drug-likeness (QED) is 0.841. The third-order valence-corrected chi connectivity index (χ3v) is 6.22. The van der Waals surface area contributed by atoms with Crippen LogP contribution in [-0.4, -0.2) is 44.7 Å². The number of rotatable bonds is 5. The molecule has 1 aromatic heterocycles. The average molecular weight is 391 g/mol. The van der Waals surface area contributed by atoms with Crippen LogP contribution in [0.2, 0.25) is 0 Å². The van der Waals surface area contributed by atoms with Crippen LogP contribution in [-0.2, 0) is 21.3 Å². The molecule has 27 heavy (non-hydrogen) atoms. The van der Waals surface area contributed by atoms with Gasteiger partial charge in [-0.15, -0.1) is 0 Å². The number of aryl methyl sites for hydroxylation is 4. The number of hydrogen-bond donors (Lipinski definition) is 1. The predicted octanol–water partition coefficient (Wildman–Crippen LogP) is 2.03. The van der Waals surface area contributed by atoms with E-state index in [4.69, 9.17) is 4.74 Å². The number of morpholine rings is 1. The van der Waals surface area contributed by atoms with Gasteiger partial charge < -0.3 is 9.64 Å². The first-order valence-electron chi connectivity index (χ1n) is 9.01. The monoisotopic (exact) mass is 390 g/mol. The average Bonchev–Trinajstić information content (AvgIpc) is 2.59. The van der Waals surface area contributed by atoms with E-state index in [1.807, 2.05) is 45.9 Å². The molecule has 1 aliphatic rings. The Hall–Kier alpha value is -2.03. The largest absolute Gasteiger partial charge is 0.378 e. The molecule has 0 radical (unpaired) electrons. The number of hydrogen-bond acceptors (Lipinski definition) is 6. The van der Waals surface area contributed by atoms with Gasteiger partial charge in [-0.2, -0.15) is 0 Å². The van der Waals surface area contributed by atoms with Crippen LogP contribution in [0.3, 0.4) is 0 Å². The fourth-order valence-corrected chi connectivity index (χ4v) is 4.90. The highest BCUT2D eigenvalue weighted by Gasteiger charge is 2.21. The second-order valence-corrected chi connectivity index (χ2v) is 8.64. The summed E-state index contributed by atoms with van der Waals surface area (Å²) in [7, 11) is -3.65. The molecule has 1 N–H and O–H groups in total. The summed E-state index contributed by atoms with van der Waals surface area (Å²) in [5, 5.41) is 0. The number of aromatic nitrogens is 2. The lowest BCUT2D eigenvalue weighted by atomic mass is 10.1. The van der Waals surface area contributed by atoms with Gasteiger partial charge in [-0.05, 0) is 38.8 Å². The Morgan fingerprint density at radius 3 is 2.30 bits per heavy atom. The summed E-state index contributed by atoms with van der Waals surface area (Å²) in [4.78, 5) is 11.4. The third-order valence-electron chi connectivity index (χ3n) is 4.52. The lowest BCUT2D eigenvalue weighted by Crippen LogP contribution is -2.37. The van der Waals surface area contributed by atoms with Gasteiger partial charge in [0.05, 0.1) is 24.7 Å². The van der Waals surface area contributed by atoms with Crippen molar-refractivity contribution in [3.05, 3.63) is 46.4 Å². The predicted molar refractivity (Wildman–Crippen MR) is 104 cm³/mol. The van der Waals surface area contributed by atoms with Crippen LogP contribution < -0.4 is 9.62 Å². The minimum Gasteiger partial charge on any atom is -0.378 e. The molecule has 1 fully saturated rings. The highest BCUT2D eigenvalue weighted by molar-refractivity contribution is 7.89. The fraction of sp³-hybridized carbons (Fsp3) is 0.474. The number of sulfonamides is 1. The Morgan fingerprint density at radius 1 is 1.04 bits per heavy atom. The molecule has 0 saturated carbocycles. The molecule has 0 aliphatic carbocycles. The van der Waals surface area contributed by atoms with Gasteiger partial charge in [0.15, 0.2) is 0 Å². The standard InChI is InChI=1S/C19H26N4O3S/c1-13-9-14(2)19(15(3)10-13)27(24,25)20-12-17-21-16(4)11-18(22-17)23-5-7-26-8-6-23/h9-11,20H,5-8,12H2,1-4H3. The maximum atomic E-state index is 12.8. The fourth-order valence-electron chi connectivity index (χ4n) is 3.47. The van der Waals surface area contributed by atoms with Gasteiger partial charge in [0.1, 0.15) is 11.6 Å². The van der Waals surface area contributed by atoms with Crippen LogP contribution in [0.1, 0.15) is 28.2 Å². The molecule has 7 nitrogen and oxygen atoms in total. The first kappa shape index (κ1) is 19.7. The molecule has 1 aromatic carbocycles. The van der Waals surface area contributed by atoms with Crippen molar-refractivity contribution in [1.82, 2.24) is 14.7 Å². The van der Waals surface area contributed by atoms with E-state index in [1.54, 1.807) is 0 Å². The van der Waals surface area contributed by atoms with E-state index < -0.39 is 10.0 Å². The summed E-state index contributed by atoms with van der Waals surface area (Å²) in [6.07, 6.45) is 0. The van der Waals surface area contributed by atoms with Crippen molar-refractivity contribution in [3.8, 4) is 0 Å². The van der Waals surface area contributed by atoms with E-state index in [1.165, 1.54) is 0 Å². The van der Waals surface area contributed by atoms with E-state index in [0.29, 0.717) is 23.9 Å². The topological polar surface area (TPSA) is 84.4 Å². The molecular weight excluding hydrogens is 364 g/mol. The Bertz CT molecular complexity index is 915. The Balaban J connectivity index is 1.81. The van der Waals surface area contributed by atoms with Crippen molar-refractivity contribution in [1.29, 1.82) is 0 Å². The van der Waals surface area contributed by atoms with Crippen LogP contribution in [0.4, 0.5) is 5.82 Å². The zero-order valence-electron chi connectivity index (χ0n) is 16.2. The minimum atomic E-state index is -3.65. The maximum absolute atomic E-state index is 12.8. The number of anilines is 1. The van der Waals surface area contributed by atoms with Gasteiger partial charge in [-0.1, -0.05) is 17.7 Å². The van der Waals surface area contributed by atoms with Gasteiger partial charge in [-0.25, -0.2) is 23.1 Å². The van der Waals surface area contributed by atoms with E-state index in [-0.39, 0.29) is 6.54 Å². The lowest BCUT2D eigenvalue weighted by Gasteiger charge is -2.28. The van der Waals surface area contributed by atoms with Crippen molar-refractivity contribution in [3.63, 3.8) is 0 Å². The number of nitrogens with one attached hydrogen (secondary N) is 1. The van der Waals surface area contributed by atoms with Crippen molar-refractivity contribution in [2.45, 2.75) is 39.1 Å². The van der Waals surface area contributed by atoms with Crippen molar-refractivity contribution >= 4 is 15.8 Å². The zero-order valence-corrected chi connectivity index (χ0v) is 17.1. The number of ether oxygens (including phenoxy) is 1. The van der Waals surface area contributed by atoms with Crippen LogP contribution in [0.5, 0.6) is 0 Å². The van der Waals surface area contributed by atoms with Crippen molar-refractivity contribution < 1.29 is 13.2 Å². The summed E-state index contributed by atoms with van der Waals surface area (Å²) in [5.74, 6) is 1.27.